The molecule has 0 saturated carbocycles. The number of aromatic nitrogens is 2. The number of amides is 1. The number of phenolic OH excluding ortho intramolecular Hbond substituents is 1. The Bertz CT molecular complexity index is 1050. The summed E-state index contributed by atoms with van der Waals surface area (Å²) >= 11 is 0. The predicted molar refractivity (Wildman–Crippen MR) is 117 cm³/mol. The zero-order chi connectivity index (χ0) is 21.7. The number of carbonyl (C=O) groups is 1. The maximum atomic E-state index is 12.4. The number of phenols is 1. The van der Waals surface area contributed by atoms with Gasteiger partial charge in [0.1, 0.15) is 5.69 Å². The lowest BCUT2D eigenvalue weighted by Gasteiger charge is -2.06. The van der Waals surface area contributed by atoms with Crippen LogP contribution >= 0.6 is 0 Å². The third-order valence-electron chi connectivity index (χ3n) is 4.64. The van der Waals surface area contributed by atoms with Crippen molar-refractivity contribution in [3.8, 4) is 22.8 Å². The van der Waals surface area contributed by atoms with Gasteiger partial charge in [0.05, 0.1) is 18.5 Å². The minimum absolute atomic E-state index is 0.0420. The van der Waals surface area contributed by atoms with Crippen molar-refractivity contribution in [3.63, 3.8) is 0 Å². The smallest absolute Gasteiger partial charge is 0.289 e. The Balaban J connectivity index is 1.68. The van der Waals surface area contributed by atoms with Crippen LogP contribution in [0.1, 0.15) is 42.4 Å². The van der Waals surface area contributed by atoms with E-state index in [1.807, 2.05) is 12.1 Å². The van der Waals surface area contributed by atoms with Crippen molar-refractivity contribution >= 4 is 11.6 Å². The summed E-state index contributed by atoms with van der Waals surface area (Å²) in [5.41, 5.74) is 7.03. The quantitative estimate of drug-likeness (QED) is 0.405. The molecule has 3 rings (SSSR count). The molecular weight excluding hydrogens is 380 g/mol. The molecule has 7 heteroatoms. The maximum absolute atomic E-state index is 12.4. The van der Waals surface area contributed by atoms with E-state index in [0.717, 1.165) is 17.5 Å². The molecule has 0 fully saturated rings. The zero-order valence-electron chi connectivity index (χ0n) is 17.6. The van der Waals surface area contributed by atoms with Crippen LogP contribution in [-0.4, -0.2) is 34.0 Å². The van der Waals surface area contributed by atoms with Crippen molar-refractivity contribution in [3.05, 3.63) is 65.4 Å². The number of hydrogen-bond acceptors (Lipinski definition) is 5. The van der Waals surface area contributed by atoms with E-state index in [1.54, 1.807) is 25.1 Å². The molecule has 1 heterocycles. The van der Waals surface area contributed by atoms with Crippen LogP contribution < -0.4 is 10.2 Å². The van der Waals surface area contributed by atoms with E-state index in [9.17, 15) is 9.90 Å². The van der Waals surface area contributed by atoms with E-state index in [1.165, 1.54) is 18.7 Å². The number of benzene rings is 2. The molecule has 1 amide bonds. The van der Waals surface area contributed by atoms with E-state index in [0.29, 0.717) is 28.8 Å². The molecule has 156 valence electrons. The molecule has 2 aromatic carbocycles. The second-order valence-electron chi connectivity index (χ2n) is 7.49. The maximum Gasteiger partial charge on any atom is 0.289 e. The van der Waals surface area contributed by atoms with Gasteiger partial charge >= 0.3 is 0 Å². The highest BCUT2D eigenvalue weighted by Crippen LogP contribution is 2.26. The fourth-order valence-electron chi connectivity index (χ4n) is 3.03. The monoisotopic (exact) mass is 406 g/mol. The van der Waals surface area contributed by atoms with Gasteiger partial charge in [-0.3, -0.25) is 9.89 Å². The Hall–Kier alpha value is -3.61. The summed E-state index contributed by atoms with van der Waals surface area (Å²) in [5.74, 6) is 0.588. The normalized spacial score (nSPS) is 11.6. The molecule has 3 aromatic rings. The topological polar surface area (TPSA) is 99.6 Å². The lowest BCUT2D eigenvalue weighted by Crippen LogP contribution is -2.19. The largest absolute Gasteiger partial charge is 0.504 e. The van der Waals surface area contributed by atoms with E-state index in [4.69, 9.17) is 4.74 Å². The SMILES string of the molecule is COc1cc(/C(C)=N/NC(=O)c2cc(-c3ccc(CC(C)C)cc3)n[nH]2)ccc1O. The number of nitrogens with one attached hydrogen (secondary N) is 2. The van der Waals surface area contributed by atoms with Crippen molar-refractivity contribution in [2.24, 2.45) is 11.0 Å². The Kier molecular flexibility index (Phi) is 6.51. The number of rotatable bonds is 7. The molecule has 3 N–H and O–H groups in total. The van der Waals surface area contributed by atoms with Crippen molar-refractivity contribution in [2.75, 3.05) is 7.11 Å². The number of H-pyrrole nitrogens is 1. The van der Waals surface area contributed by atoms with Crippen LogP contribution in [-0.2, 0) is 6.42 Å². The summed E-state index contributed by atoms with van der Waals surface area (Å²) in [6, 6.07) is 14.8. The van der Waals surface area contributed by atoms with Gasteiger partial charge in [-0.25, -0.2) is 5.43 Å². The lowest BCUT2D eigenvalue weighted by atomic mass is 10.0. The molecule has 1 aromatic heterocycles. The van der Waals surface area contributed by atoms with Crippen LogP contribution in [0.3, 0.4) is 0 Å². The van der Waals surface area contributed by atoms with Crippen LogP contribution in [0.5, 0.6) is 11.5 Å². The molecule has 0 atom stereocenters. The first kappa shape index (κ1) is 21.1. The summed E-state index contributed by atoms with van der Waals surface area (Å²) in [5, 5.41) is 20.8. The second kappa shape index (κ2) is 9.26. The van der Waals surface area contributed by atoms with E-state index in [2.05, 4.69) is 46.7 Å². The molecular formula is C23H26N4O3. The number of hydrogen-bond donors (Lipinski definition) is 3. The van der Waals surface area contributed by atoms with Gasteiger partial charge in [0.15, 0.2) is 11.5 Å². The molecule has 0 aliphatic heterocycles. The third-order valence-corrected chi connectivity index (χ3v) is 4.64. The Morgan fingerprint density at radius 1 is 1.20 bits per heavy atom. The van der Waals surface area contributed by atoms with Gasteiger partial charge in [-0.05, 0) is 49.1 Å². The molecule has 0 unspecified atom stereocenters. The van der Waals surface area contributed by atoms with Gasteiger partial charge in [0, 0.05) is 11.1 Å². The minimum Gasteiger partial charge on any atom is -0.504 e. The van der Waals surface area contributed by atoms with Gasteiger partial charge in [0.25, 0.3) is 5.91 Å². The summed E-state index contributed by atoms with van der Waals surface area (Å²) in [4.78, 5) is 12.4. The molecule has 0 bridgehead atoms. The molecule has 0 spiro atoms. The van der Waals surface area contributed by atoms with Crippen LogP contribution in [0, 0.1) is 5.92 Å². The fraction of sp³-hybridized carbons (Fsp3) is 0.261. The van der Waals surface area contributed by atoms with E-state index < -0.39 is 5.91 Å². The number of nitrogens with zero attached hydrogens (tertiary/aromatic N) is 2. The number of ether oxygens (including phenoxy) is 1. The summed E-state index contributed by atoms with van der Waals surface area (Å²) in [6.07, 6.45) is 1.03. The molecule has 0 aliphatic carbocycles. The van der Waals surface area contributed by atoms with Crippen LogP contribution in [0.2, 0.25) is 0 Å². The Morgan fingerprint density at radius 3 is 2.60 bits per heavy atom. The van der Waals surface area contributed by atoms with Gasteiger partial charge in [-0.1, -0.05) is 38.1 Å². The van der Waals surface area contributed by atoms with Crippen molar-refractivity contribution in [2.45, 2.75) is 27.2 Å². The first-order valence-electron chi connectivity index (χ1n) is 9.74. The average molecular weight is 406 g/mol. The number of methoxy groups -OCH3 is 1. The van der Waals surface area contributed by atoms with Gasteiger partial charge in [0.2, 0.25) is 0 Å². The minimum atomic E-state index is -0.393. The number of aromatic hydroxyl groups is 1. The Labute approximate surface area is 175 Å². The summed E-state index contributed by atoms with van der Waals surface area (Å²) in [6.45, 7) is 6.13. The first-order valence-corrected chi connectivity index (χ1v) is 9.74. The van der Waals surface area contributed by atoms with Gasteiger partial charge < -0.3 is 9.84 Å². The predicted octanol–water partition coefficient (Wildman–Crippen LogP) is 4.14. The van der Waals surface area contributed by atoms with E-state index in [-0.39, 0.29) is 5.75 Å². The summed E-state index contributed by atoms with van der Waals surface area (Å²) < 4.78 is 5.10. The van der Waals surface area contributed by atoms with Crippen molar-refractivity contribution < 1.29 is 14.6 Å². The number of aromatic amines is 1. The average Bonchev–Trinajstić information content (AvgIpc) is 3.22. The number of hydrazone groups is 1. The van der Waals surface area contributed by atoms with Crippen LogP contribution in [0.25, 0.3) is 11.3 Å². The van der Waals surface area contributed by atoms with Crippen LogP contribution in [0.15, 0.2) is 53.6 Å². The molecule has 0 radical (unpaired) electrons. The Morgan fingerprint density at radius 2 is 1.93 bits per heavy atom. The standard InChI is InChI=1S/C23H26N4O3/c1-14(2)11-16-5-7-17(8-6-16)19-13-20(26-25-19)23(29)27-24-15(3)18-9-10-21(28)22(12-18)30-4/h5-10,12-14,28H,11H2,1-4H3,(H,25,26)(H,27,29)/b24-15+. The van der Waals surface area contributed by atoms with Crippen molar-refractivity contribution in [1.82, 2.24) is 15.6 Å². The lowest BCUT2D eigenvalue weighted by molar-refractivity contribution is 0.0950. The third kappa shape index (κ3) is 5.05. The zero-order valence-corrected chi connectivity index (χ0v) is 17.6. The molecule has 0 saturated heterocycles. The highest BCUT2D eigenvalue weighted by Gasteiger charge is 2.12. The molecule has 7 nitrogen and oxygen atoms in total. The second-order valence-corrected chi connectivity index (χ2v) is 7.49. The summed E-state index contributed by atoms with van der Waals surface area (Å²) in [7, 11) is 1.47. The fourth-order valence-corrected chi connectivity index (χ4v) is 3.03. The van der Waals surface area contributed by atoms with Gasteiger partial charge in [-0.2, -0.15) is 10.2 Å². The molecule has 0 aliphatic rings. The van der Waals surface area contributed by atoms with Crippen LogP contribution in [0.4, 0.5) is 0 Å². The van der Waals surface area contributed by atoms with E-state index >= 15 is 0 Å². The van der Waals surface area contributed by atoms with Crippen molar-refractivity contribution in [1.29, 1.82) is 0 Å². The first-order chi connectivity index (χ1) is 14.4. The highest BCUT2D eigenvalue weighted by molar-refractivity contribution is 6.01. The number of carbonyl (C=O) groups excluding carboxylic acids is 1. The highest BCUT2D eigenvalue weighted by atomic mass is 16.5. The molecule has 30 heavy (non-hydrogen) atoms. The van der Waals surface area contributed by atoms with Gasteiger partial charge in [-0.15, -0.1) is 0 Å².